The number of fused-ring (bicyclic) bond motifs is 1. The zero-order chi connectivity index (χ0) is 13.1. The number of anilines is 1. The number of phenolic OH excluding ortho intramolecular Hbond substituents is 1. The molecule has 0 spiro atoms. The zero-order valence-electron chi connectivity index (χ0n) is 10.2. The number of phenols is 1. The van der Waals surface area contributed by atoms with Crippen molar-refractivity contribution in [2.24, 2.45) is 0 Å². The summed E-state index contributed by atoms with van der Waals surface area (Å²) in [5.74, 6) is 0.282. The minimum atomic E-state index is 0.282. The summed E-state index contributed by atoms with van der Waals surface area (Å²) in [6.07, 6.45) is 3.37. The lowest BCUT2D eigenvalue weighted by molar-refractivity contribution is 0.475. The van der Waals surface area contributed by atoms with Gasteiger partial charge in [-0.1, -0.05) is 12.1 Å². The lowest BCUT2D eigenvalue weighted by Gasteiger charge is -2.07. The first-order valence-electron chi connectivity index (χ1n) is 6.04. The average Bonchev–Trinajstić information content (AvgIpc) is 2.46. The quantitative estimate of drug-likeness (QED) is 0.751. The van der Waals surface area contributed by atoms with Crippen LogP contribution in [0.1, 0.15) is 5.56 Å². The third kappa shape index (κ3) is 2.63. The molecule has 94 valence electrons. The molecular formula is C15H13N3O. The molecule has 0 aliphatic carbocycles. The Balaban J connectivity index is 1.76. The molecule has 2 N–H and O–H groups in total. The lowest BCUT2D eigenvalue weighted by Crippen LogP contribution is -1.99. The highest BCUT2D eigenvalue weighted by Gasteiger charge is 1.98. The van der Waals surface area contributed by atoms with Gasteiger partial charge in [0.15, 0.2) is 0 Å². The topological polar surface area (TPSA) is 58.0 Å². The first-order valence-corrected chi connectivity index (χ1v) is 6.04. The average molecular weight is 251 g/mol. The van der Waals surface area contributed by atoms with Crippen LogP contribution in [0.5, 0.6) is 5.75 Å². The predicted molar refractivity (Wildman–Crippen MR) is 75.0 cm³/mol. The second-order valence-electron chi connectivity index (χ2n) is 4.28. The van der Waals surface area contributed by atoms with Crippen LogP contribution >= 0.6 is 0 Å². The van der Waals surface area contributed by atoms with E-state index < -0.39 is 0 Å². The molecule has 0 aliphatic rings. The number of hydrogen-bond donors (Lipinski definition) is 2. The Morgan fingerprint density at radius 1 is 0.895 bits per heavy atom. The molecule has 0 unspecified atom stereocenters. The van der Waals surface area contributed by atoms with E-state index in [0.29, 0.717) is 6.54 Å². The third-order valence-corrected chi connectivity index (χ3v) is 2.90. The summed E-state index contributed by atoms with van der Waals surface area (Å²) in [6, 6.07) is 13.1. The number of aromatic hydroxyl groups is 1. The van der Waals surface area contributed by atoms with Crippen molar-refractivity contribution in [2.75, 3.05) is 5.32 Å². The SMILES string of the molecule is Oc1ccc(CNc2ccc3nccnc3c2)cc1. The van der Waals surface area contributed by atoms with Crippen LogP contribution in [0, 0.1) is 0 Å². The second kappa shape index (κ2) is 4.94. The number of hydrogen-bond acceptors (Lipinski definition) is 4. The largest absolute Gasteiger partial charge is 0.508 e. The Hall–Kier alpha value is -2.62. The van der Waals surface area contributed by atoms with Crippen molar-refractivity contribution in [2.45, 2.75) is 6.54 Å². The van der Waals surface area contributed by atoms with Crippen LogP contribution in [0.4, 0.5) is 5.69 Å². The van der Waals surface area contributed by atoms with Crippen molar-refractivity contribution in [3.63, 3.8) is 0 Å². The fourth-order valence-corrected chi connectivity index (χ4v) is 1.89. The first-order chi connectivity index (χ1) is 9.31. The van der Waals surface area contributed by atoms with E-state index in [4.69, 9.17) is 0 Å². The molecule has 3 rings (SSSR count). The van der Waals surface area contributed by atoms with E-state index >= 15 is 0 Å². The maximum atomic E-state index is 9.22. The summed E-state index contributed by atoms with van der Waals surface area (Å²) in [5.41, 5.74) is 3.87. The third-order valence-electron chi connectivity index (χ3n) is 2.90. The van der Waals surface area contributed by atoms with Gasteiger partial charge in [-0.3, -0.25) is 9.97 Å². The highest BCUT2D eigenvalue weighted by atomic mass is 16.3. The number of nitrogens with one attached hydrogen (secondary N) is 1. The molecule has 4 nitrogen and oxygen atoms in total. The van der Waals surface area contributed by atoms with Gasteiger partial charge < -0.3 is 10.4 Å². The number of benzene rings is 2. The van der Waals surface area contributed by atoms with Crippen LogP contribution < -0.4 is 5.32 Å². The summed E-state index contributed by atoms with van der Waals surface area (Å²) in [7, 11) is 0. The molecule has 1 aromatic heterocycles. The van der Waals surface area contributed by atoms with E-state index in [2.05, 4.69) is 15.3 Å². The van der Waals surface area contributed by atoms with E-state index in [-0.39, 0.29) is 5.75 Å². The maximum absolute atomic E-state index is 9.22. The van der Waals surface area contributed by atoms with Crippen molar-refractivity contribution < 1.29 is 5.11 Å². The number of rotatable bonds is 3. The number of nitrogens with zero attached hydrogens (tertiary/aromatic N) is 2. The van der Waals surface area contributed by atoms with Gasteiger partial charge in [0, 0.05) is 24.6 Å². The summed E-state index contributed by atoms with van der Waals surface area (Å²) in [4.78, 5) is 8.51. The van der Waals surface area contributed by atoms with Crippen molar-refractivity contribution in [3.05, 3.63) is 60.4 Å². The molecule has 4 heteroatoms. The van der Waals surface area contributed by atoms with E-state index in [1.54, 1.807) is 24.5 Å². The number of aromatic nitrogens is 2. The molecule has 0 radical (unpaired) electrons. The van der Waals surface area contributed by atoms with Gasteiger partial charge in [-0.05, 0) is 35.9 Å². The van der Waals surface area contributed by atoms with Crippen LogP contribution in [-0.4, -0.2) is 15.1 Å². The van der Waals surface area contributed by atoms with Gasteiger partial charge in [-0.15, -0.1) is 0 Å². The Labute approximate surface area is 110 Å². The Kier molecular flexibility index (Phi) is 2.98. The molecular weight excluding hydrogens is 238 g/mol. The minimum Gasteiger partial charge on any atom is -0.508 e. The van der Waals surface area contributed by atoms with E-state index in [9.17, 15) is 5.11 Å². The van der Waals surface area contributed by atoms with Gasteiger partial charge in [-0.25, -0.2) is 0 Å². The van der Waals surface area contributed by atoms with Crippen LogP contribution in [0.3, 0.4) is 0 Å². The van der Waals surface area contributed by atoms with Crippen molar-refractivity contribution in [3.8, 4) is 5.75 Å². The van der Waals surface area contributed by atoms with Gasteiger partial charge >= 0.3 is 0 Å². The molecule has 0 fully saturated rings. The summed E-state index contributed by atoms with van der Waals surface area (Å²) in [5, 5.41) is 12.5. The zero-order valence-corrected chi connectivity index (χ0v) is 10.2. The Bertz CT molecular complexity index is 695. The van der Waals surface area contributed by atoms with E-state index in [1.165, 1.54) is 0 Å². The molecule has 0 saturated carbocycles. The molecule has 0 amide bonds. The van der Waals surface area contributed by atoms with Gasteiger partial charge in [0.1, 0.15) is 5.75 Å². The smallest absolute Gasteiger partial charge is 0.115 e. The summed E-state index contributed by atoms with van der Waals surface area (Å²) >= 11 is 0. The van der Waals surface area contributed by atoms with Crippen LogP contribution in [0.25, 0.3) is 11.0 Å². The Morgan fingerprint density at radius 2 is 1.63 bits per heavy atom. The van der Waals surface area contributed by atoms with Crippen molar-refractivity contribution in [1.82, 2.24) is 9.97 Å². The standard InChI is InChI=1S/C15H13N3O/c19-13-4-1-11(2-5-13)10-18-12-3-6-14-15(9-12)17-8-7-16-14/h1-9,18-19H,10H2. The Morgan fingerprint density at radius 3 is 2.42 bits per heavy atom. The van der Waals surface area contributed by atoms with Crippen LogP contribution in [0.15, 0.2) is 54.9 Å². The second-order valence-corrected chi connectivity index (χ2v) is 4.28. The summed E-state index contributed by atoms with van der Waals surface area (Å²) < 4.78 is 0. The van der Waals surface area contributed by atoms with Crippen LogP contribution in [0.2, 0.25) is 0 Å². The molecule has 0 saturated heterocycles. The maximum Gasteiger partial charge on any atom is 0.115 e. The fraction of sp³-hybridized carbons (Fsp3) is 0.0667. The normalized spacial score (nSPS) is 10.5. The lowest BCUT2D eigenvalue weighted by atomic mass is 10.2. The van der Waals surface area contributed by atoms with Gasteiger partial charge in [0.25, 0.3) is 0 Å². The molecule has 1 heterocycles. The van der Waals surface area contributed by atoms with Gasteiger partial charge in [0.2, 0.25) is 0 Å². The van der Waals surface area contributed by atoms with Gasteiger partial charge in [0.05, 0.1) is 11.0 Å². The molecule has 0 bridgehead atoms. The highest BCUT2D eigenvalue weighted by Crippen LogP contribution is 2.16. The predicted octanol–water partition coefficient (Wildman–Crippen LogP) is 2.95. The van der Waals surface area contributed by atoms with E-state index in [1.807, 2.05) is 30.3 Å². The molecule has 3 aromatic rings. The molecule has 19 heavy (non-hydrogen) atoms. The van der Waals surface area contributed by atoms with Crippen molar-refractivity contribution in [1.29, 1.82) is 0 Å². The molecule has 0 atom stereocenters. The molecule has 2 aromatic carbocycles. The minimum absolute atomic E-state index is 0.282. The summed E-state index contributed by atoms with van der Waals surface area (Å²) in [6.45, 7) is 0.700. The molecule has 0 aliphatic heterocycles. The van der Waals surface area contributed by atoms with Crippen LogP contribution in [-0.2, 0) is 6.54 Å². The fourth-order valence-electron chi connectivity index (χ4n) is 1.89. The van der Waals surface area contributed by atoms with Crippen molar-refractivity contribution >= 4 is 16.7 Å². The first kappa shape index (κ1) is 11.5. The van der Waals surface area contributed by atoms with Gasteiger partial charge in [-0.2, -0.15) is 0 Å². The monoisotopic (exact) mass is 251 g/mol. The highest BCUT2D eigenvalue weighted by molar-refractivity contribution is 5.78. The van der Waals surface area contributed by atoms with E-state index in [0.717, 1.165) is 22.3 Å².